The summed E-state index contributed by atoms with van der Waals surface area (Å²) >= 11 is 1.71. The molecule has 0 spiro atoms. The van der Waals surface area contributed by atoms with E-state index in [1.54, 1.807) is 11.3 Å². The van der Waals surface area contributed by atoms with Crippen molar-refractivity contribution in [3.63, 3.8) is 0 Å². The molecular formula is C21H31IN4OS. The number of ether oxygens (including phenoxy) is 1. The van der Waals surface area contributed by atoms with E-state index in [0.29, 0.717) is 12.2 Å². The van der Waals surface area contributed by atoms with Gasteiger partial charge >= 0.3 is 0 Å². The summed E-state index contributed by atoms with van der Waals surface area (Å²) in [5.74, 6) is 0.824. The van der Waals surface area contributed by atoms with Gasteiger partial charge in [0.25, 0.3) is 0 Å². The second-order valence-corrected chi connectivity index (χ2v) is 7.91. The van der Waals surface area contributed by atoms with Gasteiger partial charge in [-0.15, -0.1) is 24.0 Å². The topological polar surface area (TPSA) is 48.9 Å². The molecule has 2 heterocycles. The second-order valence-electron chi connectivity index (χ2n) is 7.13. The molecule has 2 atom stereocenters. The molecule has 1 saturated heterocycles. The van der Waals surface area contributed by atoms with Gasteiger partial charge in [-0.25, -0.2) is 0 Å². The number of nitrogens with one attached hydrogen (secondary N) is 2. The van der Waals surface area contributed by atoms with Crippen molar-refractivity contribution in [2.75, 3.05) is 20.1 Å². The Bertz CT molecular complexity index is 728. The van der Waals surface area contributed by atoms with E-state index in [1.165, 1.54) is 16.7 Å². The number of guanidine groups is 1. The first-order valence-electron chi connectivity index (χ1n) is 9.54. The van der Waals surface area contributed by atoms with Crippen molar-refractivity contribution in [2.45, 2.75) is 45.7 Å². The van der Waals surface area contributed by atoms with E-state index in [9.17, 15) is 0 Å². The average molecular weight is 514 g/mol. The Morgan fingerprint density at radius 3 is 2.43 bits per heavy atom. The molecule has 7 heteroatoms. The molecule has 2 aromatic rings. The van der Waals surface area contributed by atoms with Gasteiger partial charge < -0.3 is 15.4 Å². The van der Waals surface area contributed by atoms with Crippen LogP contribution in [-0.4, -0.2) is 43.2 Å². The fourth-order valence-electron chi connectivity index (χ4n) is 3.52. The summed E-state index contributed by atoms with van der Waals surface area (Å²) < 4.78 is 5.86. The van der Waals surface area contributed by atoms with Gasteiger partial charge in [0.15, 0.2) is 5.96 Å². The number of morpholine rings is 1. The van der Waals surface area contributed by atoms with Gasteiger partial charge in [0.1, 0.15) is 0 Å². The Hall–Kier alpha value is -1.16. The van der Waals surface area contributed by atoms with Crippen molar-refractivity contribution < 1.29 is 4.74 Å². The predicted molar refractivity (Wildman–Crippen MR) is 129 cm³/mol. The number of nitrogens with zero attached hydrogens (tertiary/aromatic N) is 2. The smallest absolute Gasteiger partial charge is 0.191 e. The first kappa shape index (κ1) is 23.1. The van der Waals surface area contributed by atoms with Crippen LogP contribution in [0.1, 0.15) is 30.5 Å². The van der Waals surface area contributed by atoms with Gasteiger partial charge in [0, 0.05) is 39.8 Å². The number of benzene rings is 1. The predicted octanol–water partition coefficient (Wildman–Crippen LogP) is 3.84. The quantitative estimate of drug-likeness (QED) is 0.350. The molecule has 1 aliphatic heterocycles. The lowest BCUT2D eigenvalue weighted by Crippen LogP contribution is -2.45. The van der Waals surface area contributed by atoms with Crippen LogP contribution in [0.25, 0.3) is 0 Å². The number of hydrogen-bond donors (Lipinski definition) is 2. The van der Waals surface area contributed by atoms with E-state index in [2.05, 4.69) is 75.5 Å². The highest BCUT2D eigenvalue weighted by Crippen LogP contribution is 2.17. The second kappa shape index (κ2) is 11.7. The van der Waals surface area contributed by atoms with E-state index < -0.39 is 0 Å². The van der Waals surface area contributed by atoms with Gasteiger partial charge in [0.2, 0.25) is 0 Å². The van der Waals surface area contributed by atoms with Crippen LogP contribution in [-0.2, 0) is 24.4 Å². The van der Waals surface area contributed by atoms with Crippen LogP contribution < -0.4 is 10.6 Å². The summed E-state index contributed by atoms with van der Waals surface area (Å²) in [6, 6.07) is 10.8. The third-order valence-electron chi connectivity index (χ3n) is 4.72. The van der Waals surface area contributed by atoms with E-state index in [4.69, 9.17) is 4.74 Å². The Morgan fingerprint density at radius 1 is 1.11 bits per heavy atom. The lowest BCUT2D eigenvalue weighted by Gasteiger charge is -2.35. The SMILES string of the molecule is CN=C(NCc1ccsc1)NCc1ccccc1CN1CC(C)OC(C)C1.I. The molecule has 2 N–H and O–H groups in total. The van der Waals surface area contributed by atoms with Crippen molar-refractivity contribution in [1.29, 1.82) is 0 Å². The molecule has 1 aliphatic rings. The number of halogens is 1. The summed E-state index contributed by atoms with van der Waals surface area (Å²) in [4.78, 5) is 6.83. The van der Waals surface area contributed by atoms with E-state index in [0.717, 1.165) is 38.7 Å². The van der Waals surface area contributed by atoms with Crippen LogP contribution in [0.2, 0.25) is 0 Å². The molecular weight excluding hydrogens is 483 g/mol. The Morgan fingerprint density at radius 2 is 1.79 bits per heavy atom. The average Bonchev–Trinajstić information content (AvgIpc) is 3.16. The Balaban J connectivity index is 0.00000280. The highest BCUT2D eigenvalue weighted by atomic mass is 127. The van der Waals surface area contributed by atoms with Crippen molar-refractivity contribution in [2.24, 2.45) is 4.99 Å². The molecule has 0 bridgehead atoms. The molecule has 0 aliphatic carbocycles. The lowest BCUT2D eigenvalue weighted by atomic mass is 10.1. The molecule has 28 heavy (non-hydrogen) atoms. The summed E-state index contributed by atoms with van der Waals surface area (Å²) in [6.45, 7) is 8.77. The number of aliphatic imine (C=N–C) groups is 1. The summed E-state index contributed by atoms with van der Waals surface area (Å²) in [5, 5.41) is 11.1. The van der Waals surface area contributed by atoms with Crippen LogP contribution in [0.5, 0.6) is 0 Å². The van der Waals surface area contributed by atoms with Gasteiger partial charge in [-0.1, -0.05) is 24.3 Å². The van der Waals surface area contributed by atoms with E-state index in [1.807, 2.05) is 7.05 Å². The van der Waals surface area contributed by atoms with Gasteiger partial charge in [-0.05, 0) is 47.4 Å². The van der Waals surface area contributed by atoms with Crippen LogP contribution in [0.4, 0.5) is 0 Å². The maximum Gasteiger partial charge on any atom is 0.191 e. The highest BCUT2D eigenvalue weighted by Gasteiger charge is 2.22. The van der Waals surface area contributed by atoms with Crippen LogP contribution in [0.15, 0.2) is 46.1 Å². The van der Waals surface area contributed by atoms with Crippen LogP contribution >= 0.6 is 35.3 Å². The first-order valence-corrected chi connectivity index (χ1v) is 10.5. The van der Waals surface area contributed by atoms with Crippen LogP contribution in [0, 0.1) is 0 Å². The molecule has 5 nitrogen and oxygen atoms in total. The first-order chi connectivity index (χ1) is 13.1. The Labute approximate surface area is 189 Å². The minimum Gasteiger partial charge on any atom is -0.373 e. The normalized spacial score (nSPS) is 20.5. The molecule has 1 aromatic carbocycles. The van der Waals surface area contributed by atoms with Gasteiger partial charge in [-0.3, -0.25) is 9.89 Å². The van der Waals surface area contributed by atoms with Crippen molar-refractivity contribution in [3.05, 3.63) is 57.8 Å². The Kier molecular flexibility index (Phi) is 9.70. The van der Waals surface area contributed by atoms with Crippen molar-refractivity contribution >= 4 is 41.3 Å². The highest BCUT2D eigenvalue weighted by molar-refractivity contribution is 14.0. The largest absolute Gasteiger partial charge is 0.373 e. The maximum absolute atomic E-state index is 5.86. The van der Waals surface area contributed by atoms with Gasteiger partial charge in [0.05, 0.1) is 12.2 Å². The minimum absolute atomic E-state index is 0. The molecule has 1 fully saturated rings. The number of rotatable bonds is 6. The molecule has 154 valence electrons. The third kappa shape index (κ3) is 7.02. The van der Waals surface area contributed by atoms with E-state index in [-0.39, 0.29) is 24.0 Å². The molecule has 0 amide bonds. The molecule has 1 aromatic heterocycles. The number of hydrogen-bond acceptors (Lipinski definition) is 4. The lowest BCUT2D eigenvalue weighted by molar-refractivity contribution is -0.0705. The summed E-state index contributed by atoms with van der Waals surface area (Å²) in [7, 11) is 1.81. The summed E-state index contributed by atoms with van der Waals surface area (Å²) in [5.41, 5.74) is 3.95. The maximum atomic E-state index is 5.86. The van der Waals surface area contributed by atoms with Crippen molar-refractivity contribution in [1.82, 2.24) is 15.5 Å². The minimum atomic E-state index is 0. The fraction of sp³-hybridized carbons (Fsp3) is 0.476. The van der Waals surface area contributed by atoms with Crippen LogP contribution in [0.3, 0.4) is 0 Å². The third-order valence-corrected chi connectivity index (χ3v) is 5.45. The molecule has 3 rings (SSSR count). The fourth-order valence-corrected chi connectivity index (χ4v) is 4.19. The van der Waals surface area contributed by atoms with E-state index >= 15 is 0 Å². The molecule has 0 saturated carbocycles. The zero-order valence-electron chi connectivity index (χ0n) is 16.9. The zero-order chi connectivity index (χ0) is 19.1. The monoisotopic (exact) mass is 514 g/mol. The summed E-state index contributed by atoms with van der Waals surface area (Å²) in [6.07, 6.45) is 0.582. The van der Waals surface area contributed by atoms with Gasteiger partial charge in [-0.2, -0.15) is 11.3 Å². The number of thiophene rings is 1. The zero-order valence-corrected chi connectivity index (χ0v) is 20.0. The molecule has 2 unspecified atom stereocenters. The molecule has 0 radical (unpaired) electrons. The standard InChI is InChI=1S/C21H30N4OS.HI/c1-16-12-25(13-17(2)26-16)14-20-7-5-4-6-19(20)11-24-21(22-3)23-10-18-8-9-27-15-18;/h4-9,15-17H,10-14H2,1-3H3,(H2,22,23,24);1H. The van der Waals surface area contributed by atoms with Crippen molar-refractivity contribution in [3.8, 4) is 0 Å².